The van der Waals surface area contributed by atoms with Gasteiger partial charge in [-0.25, -0.2) is 4.79 Å². The number of carboxylic acid groups (broad SMARTS) is 1. The highest BCUT2D eigenvalue weighted by molar-refractivity contribution is 5.98. The number of benzene rings is 3. The molecule has 0 fully saturated rings. The third-order valence-corrected chi connectivity index (χ3v) is 4.81. The van der Waals surface area contributed by atoms with E-state index in [-0.39, 0.29) is 5.69 Å². The van der Waals surface area contributed by atoms with Crippen LogP contribution in [0.3, 0.4) is 0 Å². The van der Waals surface area contributed by atoms with Crippen molar-refractivity contribution in [3.63, 3.8) is 0 Å². The van der Waals surface area contributed by atoms with E-state index >= 15 is 0 Å². The van der Waals surface area contributed by atoms with Crippen LogP contribution in [0.2, 0.25) is 0 Å². The van der Waals surface area contributed by atoms with Crippen LogP contribution in [0.4, 0.5) is 0 Å². The highest BCUT2D eigenvalue weighted by Crippen LogP contribution is 2.36. The van der Waals surface area contributed by atoms with E-state index in [1.165, 1.54) is 0 Å². The van der Waals surface area contributed by atoms with Gasteiger partial charge in [-0.3, -0.25) is 0 Å². The number of aromatic amines is 1. The van der Waals surface area contributed by atoms with Crippen molar-refractivity contribution in [1.29, 1.82) is 0 Å². The number of aromatic carboxylic acids is 1. The highest BCUT2D eigenvalue weighted by Gasteiger charge is 2.17. The number of ether oxygens (including phenoxy) is 2. The summed E-state index contributed by atoms with van der Waals surface area (Å²) >= 11 is 0. The van der Waals surface area contributed by atoms with Gasteiger partial charge in [-0.15, -0.1) is 0 Å². The quantitative estimate of drug-likeness (QED) is 0.449. The Morgan fingerprint density at radius 1 is 0.862 bits per heavy atom. The largest absolute Gasteiger partial charge is 0.485 e. The van der Waals surface area contributed by atoms with E-state index in [9.17, 15) is 9.90 Å². The molecule has 0 saturated heterocycles. The number of nitrogens with one attached hydrogen (secondary N) is 1. The van der Waals surface area contributed by atoms with Gasteiger partial charge in [0.1, 0.15) is 18.9 Å². The summed E-state index contributed by atoms with van der Waals surface area (Å²) < 4.78 is 12.1. The van der Waals surface area contributed by atoms with Crippen LogP contribution in [-0.4, -0.2) is 16.1 Å². The molecule has 4 rings (SSSR count). The molecule has 0 aliphatic carbocycles. The van der Waals surface area contributed by atoms with Crippen molar-refractivity contribution in [2.75, 3.05) is 0 Å². The zero-order valence-corrected chi connectivity index (χ0v) is 16.0. The molecule has 1 aromatic heterocycles. The van der Waals surface area contributed by atoms with Crippen molar-refractivity contribution in [2.45, 2.75) is 20.1 Å². The summed E-state index contributed by atoms with van der Waals surface area (Å²) in [5.74, 6) is 0.156. The summed E-state index contributed by atoms with van der Waals surface area (Å²) in [6, 6.07) is 23.4. The second kappa shape index (κ2) is 8.10. The number of aromatic nitrogens is 1. The first-order chi connectivity index (χ1) is 14.1. The number of hydrogen-bond donors (Lipinski definition) is 2. The van der Waals surface area contributed by atoms with Gasteiger partial charge in [0.05, 0.1) is 5.52 Å². The van der Waals surface area contributed by atoms with Gasteiger partial charge in [0, 0.05) is 11.5 Å². The molecule has 4 aromatic rings. The standard InChI is InChI=1S/C24H21NO4/c1-16-19-12-21(28-14-17-8-4-2-5-9-17)22(13-20(19)25-23(16)24(26)27)29-15-18-10-6-3-7-11-18/h2-13,25H,14-15H2,1H3,(H,26,27). The number of carbonyl (C=O) groups is 1. The Hall–Kier alpha value is -3.73. The van der Waals surface area contributed by atoms with Gasteiger partial charge in [0.25, 0.3) is 0 Å². The first-order valence-corrected chi connectivity index (χ1v) is 9.35. The smallest absolute Gasteiger partial charge is 0.352 e. The van der Waals surface area contributed by atoms with Gasteiger partial charge in [-0.2, -0.15) is 0 Å². The van der Waals surface area contributed by atoms with Crippen LogP contribution >= 0.6 is 0 Å². The second-order valence-electron chi connectivity index (χ2n) is 6.82. The van der Waals surface area contributed by atoms with Crippen molar-refractivity contribution < 1.29 is 19.4 Å². The van der Waals surface area contributed by atoms with Crippen LogP contribution in [0, 0.1) is 6.92 Å². The molecule has 0 unspecified atom stereocenters. The van der Waals surface area contributed by atoms with Crippen molar-refractivity contribution >= 4 is 16.9 Å². The molecule has 5 nitrogen and oxygen atoms in total. The molecular formula is C24H21NO4. The molecule has 5 heteroatoms. The van der Waals surface area contributed by atoms with Crippen molar-refractivity contribution in [3.8, 4) is 11.5 Å². The molecule has 2 N–H and O–H groups in total. The van der Waals surface area contributed by atoms with E-state index < -0.39 is 5.97 Å². The zero-order chi connectivity index (χ0) is 20.2. The Bertz CT molecular complexity index is 1130. The molecule has 0 aliphatic rings. The third-order valence-electron chi connectivity index (χ3n) is 4.81. The van der Waals surface area contributed by atoms with Crippen molar-refractivity contribution in [2.24, 2.45) is 0 Å². The maximum absolute atomic E-state index is 11.5. The molecule has 3 aromatic carbocycles. The number of aryl methyl sites for hydroxylation is 1. The summed E-state index contributed by atoms with van der Waals surface area (Å²) in [5, 5.41) is 10.2. The number of fused-ring (bicyclic) bond motifs is 1. The molecule has 0 bridgehead atoms. The van der Waals surface area contributed by atoms with Gasteiger partial charge < -0.3 is 19.6 Å². The fourth-order valence-corrected chi connectivity index (χ4v) is 3.25. The van der Waals surface area contributed by atoms with Crippen LogP contribution in [-0.2, 0) is 13.2 Å². The van der Waals surface area contributed by atoms with E-state index in [2.05, 4.69) is 4.98 Å². The van der Waals surface area contributed by atoms with E-state index in [1.807, 2.05) is 66.7 Å². The lowest BCUT2D eigenvalue weighted by atomic mass is 10.1. The minimum atomic E-state index is -0.989. The van der Waals surface area contributed by atoms with E-state index in [0.717, 1.165) is 16.5 Å². The Morgan fingerprint density at radius 2 is 1.38 bits per heavy atom. The maximum Gasteiger partial charge on any atom is 0.352 e. The molecule has 0 aliphatic heterocycles. The monoisotopic (exact) mass is 387 g/mol. The predicted molar refractivity (Wildman–Crippen MR) is 112 cm³/mol. The summed E-state index contributed by atoms with van der Waals surface area (Å²) in [6.45, 7) is 2.57. The minimum Gasteiger partial charge on any atom is -0.485 e. The first kappa shape index (κ1) is 18.6. The Balaban J connectivity index is 1.68. The van der Waals surface area contributed by atoms with Crippen LogP contribution in [0.25, 0.3) is 10.9 Å². The lowest BCUT2D eigenvalue weighted by molar-refractivity contribution is 0.0690. The Kier molecular flexibility index (Phi) is 5.20. The zero-order valence-electron chi connectivity index (χ0n) is 16.0. The van der Waals surface area contributed by atoms with Crippen molar-refractivity contribution in [3.05, 3.63) is 95.2 Å². The van der Waals surface area contributed by atoms with Gasteiger partial charge in [0.2, 0.25) is 0 Å². The van der Waals surface area contributed by atoms with Crippen LogP contribution < -0.4 is 9.47 Å². The molecule has 0 radical (unpaired) electrons. The topological polar surface area (TPSA) is 71.5 Å². The fourth-order valence-electron chi connectivity index (χ4n) is 3.25. The molecule has 146 valence electrons. The van der Waals surface area contributed by atoms with Crippen LogP contribution in [0.5, 0.6) is 11.5 Å². The second-order valence-corrected chi connectivity index (χ2v) is 6.82. The van der Waals surface area contributed by atoms with Gasteiger partial charge in [0.15, 0.2) is 11.5 Å². The Morgan fingerprint density at radius 3 is 1.90 bits per heavy atom. The van der Waals surface area contributed by atoms with E-state index in [1.54, 1.807) is 13.0 Å². The molecule has 29 heavy (non-hydrogen) atoms. The first-order valence-electron chi connectivity index (χ1n) is 9.35. The number of carboxylic acids is 1. The average molecular weight is 387 g/mol. The lowest BCUT2D eigenvalue weighted by Gasteiger charge is -2.14. The average Bonchev–Trinajstić information content (AvgIpc) is 3.07. The number of H-pyrrole nitrogens is 1. The van der Waals surface area contributed by atoms with Gasteiger partial charge in [-0.1, -0.05) is 60.7 Å². The summed E-state index contributed by atoms with van der Waals surface area (Å²) in [4.78, 5) is 14.5. The molecule has 0 atom stereocenters. The van der Waals surface area contributed by atoms with Crippen molar-refractivity contribution in [1.82, 2.24) is 4.98 Å². The minimum absolute atomic E-state index is 0.175. The normalized spacial score (nSPS) is 10.8. The number of rotatable bonds is 7. The SMILES string of the molecule is Cc1c(C(=O)O)[nH]c2cc(OCc3ccccc3)c(OCc3ccccc3)cc12. The van der Waals surface area contributed by atoms with E-state index in [4.69, 9.17) is 9.47 Å². The Labute approximate surface area is 168 Å². The summed E-state index contributed by atoms with van der Waals surface area (Å²) in [6.07, 6.45) is 0. The number of hydrogen-bond acceptors (Lipinski definition) is 3. The summed E-state index contributed by atoms with van der Waals surface area (Å²) in [7, 11) is 0. The van der Waals surface area contributed by atoms with Crippen LogP contribution in [0.1, 0.15) is 27.2 Å². The predicted octanol–water partition coefficient (Wildman–Crippen LogP) is 5.33. The van der Waals surface area contributed by atoms with E-state index in [0.29, 0.717) is 35.8 Å². The lowest BCUT2D eigenvalue weighted by Crippen LogP contribution is -2.00. The molecular weight excluding hydrogens is 366 g/mol. The molecule has 0 spiro atoms. The van der Waals surface area contributed by atoms with Gasteiger partial charge >= 0.3 is 5.97 Å². The highest BCUT2D eigenvalue weighted by atomic mass is 16.5. The summed E-state index contributed by atoms with van der Waals surface area (Å²) in [5.41, 5.74) is 3.63. The van der Waals surface area contributed by atoms with Gasteiger partial charge in [-0.05, 0) is 29.7 Å². The molecule has 0 amide bonds. The third kappa shape index (κ3) is 4.09. The maximum atomic E-state index is 11.5. The molecule has 0 saturated carbocycles. The fraction of sp³-hybridized carbons (Fsp3) is 0.125. The van der Waals surface area contributed by atoms with Crippen LogP contribution in [0.15, 0.2) is 72.8 Å². The molecule has 1 heterocycles.